The van der Waals surface area contributed by atoms with Crippen LogP contribution in [-0.4, -0.2) is 30.5 Å². The summed E-state index contributed by atoms with van der Waals surface area (Å²) in [6, 6.07) is 4.18. The molecule has 20 heavy (non-hydrogen) atoms. The number of carbonyl (C=O) groups excluding carboxylic acids is 1. The second-order valence-electron chi connectivity index (χ2n) is 4.95. The molecule has 0 radical (unpaired) electrons. The van der Waals surface area contributed by atoms with Crippen molar-refractivity contribution in [1.29, 1.82) is 0 Å². The Morgan fingerprint density at radius 2 is 2.10 bits per heavy atom. The summed E-state index contributed by atoms with van der Waals surface area (Å²) < 4.78 is 18.6. The van der Waals surface area contributed by atoms with Crippen molar-refractivity contribution in [2.24, 2.45) is 0 Å². The van der Waals surface area contributed by atoms with Crippen LogP contribution in [0.2, 0.25) is 0 Å². The molecule has 0 aliphatic heterocycles. The highest BCUT2D eigenvalue weighted by Crippen LogP contribution is 2.22. The number of rotatable bonds is 7. The molecule has 0 spiro atoms. The van der Waals surface area contributed by atoms with E-state index in [0.717, 1.165) is 19.3 Å². The molecule has 1 amide bonds. The van der Waals surface area contributed by atoms with E-state index in [1.165, 1.54) is 25.3 Å². The summed E-state index contributed by atoms with van der Waals surface area (Å²) in [5, 5.41) is 0. The zero-order valence-electron chi connectivity index (χ0n) is 12.8. The number of ether oxygens (including phenoxy) is 1. The molecule has 1 atom stereocenters. The fourth-order valence-corrected chi connectivity index (χ4v) is 2.07. The van der Waals surface area contributed by atoms with Crippen LogP contribution >= 0.6 is 0 Å². The third-order valence-corrected chi connectivity index (χ3v) is 3.53. The number of unbranched alkanes of at least 4 members (excludes halogenated alkanes) is 1. The second-order valence-corrected chi connectivity index (χ2v) is 4.95. The molecule has 0 N–H and O–H groups in total. The molecule has 0 saturated carbocycles. The van der Waals surface area contributed by atoms with Gasteiger partial charge < -0.3 is 9.64 Å². The van der Waals surface area contributed by atoms with E-state index in [9.17, 15) is 9.18 Å². The number of amides is 1. The number of carbonyl (C=O) groups is 1. The third-order valence-electron chi connectivity index (χ3n) is 3.53. The normalized spacial score (nSPS) is 12.1. The molecule has 0 aliphatic carbocycles. The van der Waals surface area contributed by atoms with Crippen LogP contribution in [0.15, 0.2) is 18.2 Å². The molecule has 1 unspecified atom stereocenters. The summed E-state index contributed by atoms with van der Waals surface area (Å²) in [6.07, 6.45) is 2.82. The van der Waals surface area contributed by atoms with Crippen molar-refractivity contribution in [2.75, 3.05) is 13.7 Å². The van der Waals surface area contributed by atoms with E-state index in [2.05, 4.69) is 6.92 Å². The Hall–Kier alpha value is -1.58. The first-order valence-electron chi connectivity index (χ1n) is 7.19. The summed E-state index contributed by atoms with van der Waals surface area (Å²) in [5.41, 5.74) is 0.295. The van der Waals surface area contributed by atoms with E-state index >= 15 is 0 Å². The minimum Gasteiger partial charge on any atom is -0.496 e. The predicted octanol–water partition coefficient (Wildman–Crippen LogP) is 3.88. The molecule has 1 rings (SSSR count). The molecular formula is C16H24FNO2. The van der Waals surface area contributed by atoms with Crippen LogP contribution in [0.25, 0.3) is 0 Å². The van der Waals surface area contributed by atoms with Crippen molar-refractivity contribution in [2.45, 2.75) is 46.1 Å². The van der Waals surface area contributed by atoms with Gasteiger partial charge in [-0.25, -0.2) is 4.39 Å². The quantitative estimate of drug-likeness (QED) is 0.759. The molecule has 0 aromatic heterocycles. The van der Waals surface area contributed by atoms with Gasteiger partial charge in [0.15, 0.2) is 0 Å². The van der Waals surface area contributed by atoms with Crippen LogP contribution in [-0.2, 0) is 0 Å². The van der Waals surface area contributed by atoms with Gasteiger partial charge in [0, 0.05) is 12.6 Å². The highest BCUT2D eigenvalue weighted by Gasteiger charge is 2.23. The predicted molar refractivity (Wildman–Crippen MR) is 78.6 cm³/mol. The van der Waals surface area contributed by atoms with Crippen molar-refractivity contribution >= 4 is 5.91 Å². The zero-order valence-corrected chi connectivity index (χ0v) is 12.8. The average Bonchev–Trinajstić information content (AvgIpc) is 2.46. The van der Waals surface area contributed by atoms with Crippen molar-refractivity contribution in [3.8, 4) is 5.75 Å². The second kappa shape index (κ2) is 7.88. The molecule has 1 aromatic rings. The molecule has 4 heteroatoms. The van der Waals surface area contributed by atoms with Gasteiger partial charge in [-0.1, -0.05) is 20.3 Å². The first-order valence-corrected chi connectivity index (χ1v) is 7.19. The van der Waals surface area contributed by atoms with E-state index in [1.54, 1.807) is 4.90 Å². The zero-order chi connectivity index (χ0) is 15.1. The van der Waals surface area contributed by atoms with Crippen LogP contribution < -0.4 is 4.74 Å². The topological polar surface area (TPSA) is 29.5 Å². The van der Waals surface area contributed by atoms with E-state index < -0.39 is 5.82 Å². The molecule has 1 aromatic carbocycles. The lowest BCUT2D eigenvalue weighted by Crippen LogP contribution is -2.39. The number of methoxy groups -OCH3 is 1. The fourth-order valence-electron chi connectivity index (χ4n) is 2.07. The number of hydrogen-bond donors (Lipinski definition) is 0. The fraction of sp³-hybridized carbons (Fsp3) is 0.562. The Balaban J connectivity index is 3.07. The monoisotopic (exact) mass is 281 g/mol. The Labute approximate surface area is 120 Å². The van der Waals surface area contributed by atoms with E-state index in [-0.39, 0.29) is 11.9 Å². The summed E-state index contributed by atoms with van der Waals surface area (Å²) in [7, 11) is 1.49. The number of benzene rings is 1. The molecule has 0 heterocycles. The maximum absolute atomic E-state index is 13.4. The largest absolute Gasteiger partial charge is 0.496 e. The Morgan fingerprint density at radius 1 is 1.40 bits per heavy atom. The number of nitrogens with zero attached hydrogens (tertiary/aromatic N) is 1. The van der Waals surface area contributed by atoms with Crippen LogP contribution in [0.4, 0.5) is 4.39 Å². The lowest BCUT2D eigenvalue weighted by Gasteiger charge is -2.29. The molecule has 0 aliphatic rings. The number of halogens is 1. The molecule has 0 fully saturated rings. The van der Waals surface area contributed by atoms with Gasteiger partial charge in [0.1, 0.15) is 11.6 Å². The Morgan fingerprint density at radius 3 is 2.65 bits per heavy atom. The smallest absolute Gasteiger partial charge is 0.257 e. The van der Waals surface area contributed by atoms with Crippen molar-refractivity contribution in [3.63, 3.8) is 0 Å². The van der Waals surface area contributed by atoms with Crippen LogP contribution in [0, 0.1) is 5.82 Å². The maximum Gasteiger partial charge on any atom is 0.257 e. The van der Waals surface area contributed by atoms with E-state index in [1.807, 2.05) is 13.8 Å². The molecule has 3 nitrogen and oxygen atoms in total. The van der Waals surface area contributed by atoms with Crippen molar-refractivity contribution < 1.29 is 13.9 Å². The van der Waals surface area contributed by atoms with Crippen molar-refractivity contribution in [3.05, 3.63) is 29.6 Å². The van der Waals surface area contributed by atoms with Gasteiger partial charge >= 0.3 is 0 Å². The van der Waals surface area contributed by atoms with Gasteiger partial charge in [-0.2, -0.15) is 0 Å². The standard InChI is InChI=1S/C16H24FNO2/c1-5-7-10-18(12(3)6-2)16(19)14-11-13(17)8-9-15(14)20-4/h8-9,11-12H,5-7,10H2,1-4H3. The highest BCUT2D eigenvalue weighted by atomic mass is 19.1. The minimum absolute atomic E-state index is 0.127. The maximum atomic E-state index is 13.4. The Bertz CT molecular complexity index is 448. The van der Waals surface area contributed by atoms with Gasteiger partial charge in [0.05, 0.1) is 12.7 Å². The van der Waals surface area contributed by atoms with Gasteiger partial charge in [0.25, 0.3) is 5.91 Å². The molecular weight excluding hydrogens is 257 g/mol. The van der Waals surface area contributed by atoms with Crippen LogP contribution in [0.5, 0.6) is 5.75 Å². The summed E-state index contributed by atoms with van der Waals surface area (Å²) in [6.45, 7) is 6.82. The average molecular weight is 281 g/mol. The molecule has 0 bridgehead atoms. The van der Waals surface area contributed by atoms with Crippen LogP contribution in [0.3, 0.4) is 0 Å². The lowest BCUT2D eigenvalue weighted by atomic mass is 10.1. The molecule has 112 valence electrons. The lowest BCUT2D eigenvalue weighted by molar-refractivity contribution is 0.0681. The first kappa shape index (κ1) is 16.5. The number of hydrogen-bond acceptors (Lipinski definition) is 2. The third kappa shape index (κ3) is 3.95. The minimum atomic E-state index is -0.422. The van der Waals surface area contributed by atoms with Gasteiger partial charge in [-0.3, -0.25) is 4.79 Å². The van der Waals surface area contributed by atoms with E-state index in [4.69, 9.17) is 4.74 Å². The van der Waals surface area contributed by atoms with Gasteiger partial charge in [-0.05, 0) is 38.0 Å². The summed E-state index contributed by atoms with van der Waals surface area (Å²) >= 11 is 0. The Kier molecular flexibility index (Phi) is 6.49. The van der Waals surface area contributed by atoms with Gasteiger partial charge in [-0.15, -0.1) is 0 Å². The van der Waals surface area contributed by atoms with Crippen LogP contribution in [0.1, 0.15) is 50.4 Å². The summed E-state index contributed by atoms with van der Waals surface area (Å²) in [4.78, 5) is 14.5. The summed E-state index contributed by atoms with van der Waals surface area (Å²) in [5.74, 6) is -0.168. The SMILES string of the molecule is CCCCN(C(=O)c1cc(F)ccc1OC)C(C)CC. The van der Waals surface area contributed by atoms with Gasteiger partial charge in [0.2, 0.25) is 0 Å². The highest BCUT2D eigenvalue weighted by molar-refractivity contribution is 5.97. The van der Waals surface area contributed by atoms with E-state index in [0.29, 0.717) is 17.9 Å². The van der Waals surface area contributed by atoms with Crippen molar-refractivity contribution in [1.82, 2.24) is 4.90 Å². The molecule has 0 saturated heterocycles. The first-order chi connectivity index (χ1) is 9.54.